The molecule has 0 radical (unpaired) electrons. The first kappa shape index (κ1) is 14.7. The van der Waals surface area contributed by atoms with Crippen LogP contribution in [0.15, 0.2) is 18.2 Å². The van der Waals surface area contributed by atoms with E-state index in [0.717, 1.165) is 19.4 Å². The first-order valence-corrected chi connectivity index (χ1v) is 6.59. The Hall–Kier alpha value is -1.35. The number of hydrogen-bond donors (Lipinski definition) is 2. The number of amides is 1. The summed E-state index contributed by atoms with van der Waals surface area (Å²) in [7, 11) is 0. The summed E-state index contributed by atoms with van der Waals surface area (Å²) in [6, 6.07) is 6.96. The molecule has 0 bridgehead atoms. The van der Waals surface area contributed by atoms with Crippen LogP contribution in [-0.2, 0) is 4.79 Å². The summed E-state index contributed by atoms with van der Waals surface area (Å²) in [5, 5.41) is 3.47. The van der Waals surface area contributed by atoms with Crippen molar-refractivity contribution in [1.29, 1.82) is 0 Å². The Bertz CT molecular complexity index is 381. The third kappa shape index (κ3) is 5.32. The van der Waals surface area contributed by atoms with Crippen LogP contribution in [0.1, 0.15) is 48.9 Å². The van der Waals surface area contributed by atoms with Crippen LogP contribution >= 0.6 is 0 Å². The van der Waals surface area contributed by atoms with E-state index in [2.05, 4.69) is 44.3 Å². The molecule has 3 nitrogen and oxygen atoms in total. The van der Waals surface area contributed by atoms with Gasteiger partial charge in [-0.05, 0) is 45.7 Å². The fourth-order valence-corrected chi connectivity index (χ4v) is 2.12. The minimum Gasteiger partial charge on any atom is -0.370 e. The molecule has 0 saturated carbocycles. The van der Waals surface area contributed by atoms with E-state index >= 15 is 0 Å². The van der Waals surface area contributed by atoms with E-state index in [1.54, 1.807) is 0 Å². The van der Waals surface area contributed by atoms with Gasteiger partial charge in [-0.3, -0.25) is 4.79 Å². The molecule has 1 atom stereocenters. The van der Waals surface area contributed by atoms with Crippen LogP contribution in [0, 0.1) is 13.8 Å². The molecule has 3 N–H and O–H groups in total. The first-order valence-electron chi connectivity index (χ1n) is 6.59. The van der Waals surface area contributed by atoms with Crippen LogP contribution < -0.4 is 11.1 Å². The van der Waals surface area contributed by atoms with Gasteiger partial charge in [0.05, 0.1) is 0 Å². The molecule has 3 heteroatoms. The lowest BCUT2D eigenvalue weighted by Gasteiger charge is -2.15. The molecule has 0 saturated heterocycles. The lowest BCUT2D eigenvalue weighted by molar-refractivity contribution is -0.118. The Morgan fingerprint density at radius 2 is 1.83 bits per heavy atom. The average Bonchev–Trinajstić information content (AvgIpc) is 2.26. The molecule has 1 aromatic rings. The molecule has 1 rings (SSSR count). The van der Waals surface area contributed by atoms with Gasteiger partial charge in [-0.2, -0.15) is 0 Å². The minimum absolute atomic E-state index is 0.211. The summed E-state index contributed by atoms with van der Waals surface area (Å²) in [4.78, 5) is 10.6. The van der Waals surface area contributed by atoms with Gasteiger partial charge in [0.1, 0.15) is 0 Å². The van der Waals surface area contributed by atoms with E-state index in [4.69, 9.17) is 5.73 Å². The highest BCUT2D eigenvalue weighted by molar-refractivity contribution is 5.73. The Morgan fingerprint density at radius 1 is 1.22 bits per heavy atom. The molecule has 1 unspecified atom stereocenters. The van der Waals surface area contributed by atoms with Crippen LogP contribution in [0.25, 0.3) is 0 Å². The van der Waals surface area contributed by atoms with E-state index in [1.807, 2.05) is 0 Å². The number of hydrogen-bond acceptors (Lipinski definition) is 2. The summed E-state index contributed by atoms with van der Waals surface area (Å²) in [6.07, 6.45) is 2.33. The zero-order valence-corrected chi connectivity index (χ0v) is 11.6. The number of rotatable bonds is 7. The highest BCUT2D eigenvalue weighted by Gasteiger charge is 2.05. The second kappa shape index (κ2) is 7.17. The molecule has 0 fully saturated rings. The predicted octanol–water partition coefficient (Wildman–Crippen LogP) is 2.61. The molecule has 0 spiro atoms. The van der Waals surface area contributed by atoms with Gasteiger partial charge in [-0.25, -0.2) is 0 Å². The van der Waals surface area contributed by atoms with Gasteiger partial charge in [0.15, 0.2) is 0 Å². The maximum absolute atomic E-state index is 10.6. The van der Waals surface area contributed by atoms with Crippen molar-refractivity contribution in [3.05, 3.63) is 34.9 Å². The van der Waals surface area contributed by atoms with E-state index in [0.29, 0.717) is 12.5 Å². The van der Waals surface area contributed by atoms with Crippen molar-refractivity contribution >= 4 is 5.91 Å². The van der Waals surface area contributed by atoms with E-state index in [1.165, 1.54) is 16.7 Å². The van der Waals surface area contributed by atoms with Crippen molar-refractivity contribution in [3.8, 4) is 0 Å². The highest BCUT2D eigenvalue weighted by Crippen LogP contribution is 2.16. The molecule has 100 valence electrons. The highest BCUT2D eigenvalue weighted by atomic mass is 16.1. The van der Waals surface area contributed by atoms with Gasteiger partial charge < -0.3 is 11.1 Å². The van der Waals surface area contributed by atoms with Crippen molar-refractivity contribution in [3.63, 3.8) is 0 Å². The zero-order chi connectivity index (χ0) is 13.5. The van der Waals surface area contributed by atoms with Gasteiger partial charge in [-0.1, -0.05) is 29.3 Å². The second-order valence-corrected chi connectivity index (χ2v) is 5.02. The van der Waals surface area contributed by atoms with E-state index in [9.17, 15) is 4.79 Å². The van der Waals surface area contributed by atoms with Gasteiger partial charge in [0.25, 0.3) is 0 Å². The standard InChI is InChI=1S/C15H24N2O/c1-11-8-12(2)10-14(9-11)13(3)17-7-5-4-6-15(16)18/h8-10,13,17H,4-7H2,1-3H3,(H2,16,18). The van der Waals surface area contributed by atoms with Gasteiger partial charge in [0.2, 0.25) is 5.91 Å². The lowest BCUT2D eigenvalue weighted by Crippen LogP contribution is -2.20. The number of carbonyl (C=O) groups is 1. The summed E-state index contributed by atoms with van der Waals surface area (Å²) >= 11 is 0. The van der Waals surface area contributed by atoms with E-state index in [-0.39, 0.29) is 5.91 Å². The number of benzene rings is 1. The monoisotopic (exact) mass is 248 g/mol. The molecule has 1 aromatic carbocycles. The number of carbonyl (C=O) groups excluding carboxylic acids is 1. The fraction of sp³-hybridized carbons (Fsp3) is 0.533. The third-order valence-electron chi connectivity index (χ3n) is 3.04. The molecular formula is C15H24N2O. The zero-order valence-electron chi connectivity index (χ0n) is 11.6. The smallest absolute Gasteiger partial charge is 0.217 e. The number of aryl methyl sites for hydroxylation is 2. The minimum atomic E-state index is -0.211. The Labute approximate surface area is 110 Å². The van der Waals surface area contributed by atoms with Crippen LogP contribution in [0.3, 0.4) is 0 Å². The maximum Gasteiger partial charge on any atom is 0.217 e. The van der Waals surface area contributed by atoms with Crippen molar-refractivity contribution in [1.82, 2.24) is 5.32 Å². The van der Waals surface area contributed by atoms with Crippen LogP contribution in [-0.4, -0.2) is 12.5 Å². The molecule has 1 amide bonds. The van der Waals surface area contributed by atoms with E-state index < -0.39 is 0 Å². The van der Waals surface area contributed by atoms with Gasteiger partial charge >= 0.3 is 0 Å². The summed E-state index contributed by atoms with van der Waals surface area (Å²) in [5.74, 6) is -0.211. The van der Waals surface area contributed by atoms with Crippen molar-refractivity contribution < 1.29 is 4.79 Å². The third-order valence-corrected chi connectivity index (χ3v) is 3.04. The van der Waals surface area contributed by atoms with Crippen LogP contribution in [0.2, 0.25) is 0 Å². The summed E-state index contributed by atoms with van der Waals surface area (Å²) in [5.41, 5.74) is 9.02. The van der Waals surface area contributed by atoms with Crippen LogP contribution in [0.5, 0.6) is 0 Å². The number of nitrogens with one attached hydrogen (secondary N) is 1. The molecule has 0 aromatic heterocycles. The lowest BCUT2D eigenvalue weighted by atomic mass is 10.0. The number of unbranched alkanes of at least 4 members (excludes halogenated alkanes) is 1. The normalized spacial score (nSPS) is 12.4. The van der Waals surface area contributed by atoms with Crippen molar-refractivity contribution in [2.45, 2.75) is 46.1 Å². The molecule has 0 aliphatic heterocycles. The average molecular weight is 248 g/mol. The fourth-order valence-electron chi connectivity index (χ4n) is 2.12. The number of primary amides is 1. The Morgan fingerprint density at radius 3 is 2.39 bits per heavy atom. The number of nitrogens with two attached hydrogens (primary N) is 1. The van der Waals surface area contributed by atoms with Gasteiger partial charge in [-0.15, -0.1) is 0 Å². The predicted molar refractivity (Wildman–Crippen MR) is 75.4 cm³/mol. The first-order chi connectivity index (χ1) is 8.49. The summed E-state index contributed by atoms with van der Waals surface area (Å²) in [6.45, 7) is 7.33. The molecule has 0 heterocycles. The largest absolute Gasteiger partial charge is 0.370 e. The maximum atomic E-state index is 10.6. The quantitative estimate of drug-likeness (QED) is 0.729. The Kier molecular flexibility index (Phi) is 5.86. The molecule has 18 heavy (non-hydrogen) atoms. The van der Waals surface area contributed by atoms with Crippen molar-refractivity contribution in [2.75, 3.05) is 6.54 Å². The molecule has 0 aliphatic rings. The topological polar surface area (TPSA) is 55.1 Å². The Balaban J connectivity index is 2.36. The molecule has 0 aliphatic carbocycles. The van der Waals surface area contributed by atoms with Crippen molar-refractivity contribution in [2.24, 2.45) is 5.73 Å². The SMILES string of the molecule is Cc1cc(C)cc(C(C)NCCCCC(N)=O)c1. The van der Waals surface area contributed by atoms with Crippen LogP contribution in [0.4, 0.5) is 0 Å². The molecular weight excluding hydrogens is 224 g/mol. The summed E-state index contributed by atoms with van der Waals surface area (Å²) < 4.78 is 0. The second-order valence-electron chi connectivity index (χ2n) is 5.02. The van der Waals surface area contributed by atoms with Gasteiger partial charge in [0, 0.05) is 12.5 Å².